The first-order valence-corrected chi connectivity index (χ1v) is 3.90. The van der Waals surface area contributed by atoms with E-state index >= 15 is 0 Å². The van der Waals surface area contributed by atoms with E-state index in [0.717, 1.165) is 0 Å². The second-order valence-corrected chi connectivity index (χ2v) is 1.54. The van der Waals surface area contributed by atoms with Crippen LogP contribution >= 0.6 is 7.82 Å². The number of nitriles is 6. The number of rotatable bonds is 0. The van der Waals surface area contributed by atoms with Gasteiger partial charge in [0.05, 0.1) is 0 Å². The van der Waals surface area contributed by atoms with Gasteiger partial charge >= 0.3 is 59.2 Å². The molecule has 0 saturated carbocycles. The Labute approximate surface area is 166 Å². The van der Waals surface area contributed by atoms with Crippen molar-refractivity contribution < 1.29 is 89.1 Å². The van der Waals surface area contributed by atoms with Crippen LogP contribution in [0.4, 0.5) is 0 Å². The van der Waals surface area contributed by atoms with Gasteiger partial charge in [0.25, 0.3) is 0 Å². The van der Waals surface area contributed by atoms with Gasteiger partial charge in [-0.15, -0.1) is 0 Å². The summed E-state index contributed by atoms with van der Waals surface area (Å²) in [5.41, 5.74) is 0. The molecule has 3 N–H and O–H groups in total. The fourth-order valence-electron chi connectivity index (χ4n) is 0. The smallest absolute Gasteiger partial charge is 1.00 e. The maximum Gasteiger partial charge on any atom is 1.00 e. The van der Waals surface area contributed by atoms with Crippen molar-refractivity contribution in [2.75, 3.05) is 0 Å². The number of hydrogen-bond donors (Lipinski definition) is 3. The summed E-state index contributed by atoms with van der Waals surface area (Å²) in [5.74, 6) is 0. The van der Waals surface area contributed by atoms with Gasteiger partial charge in [0.2, 0.25) is 0 Å². The third-order valence-corrected chi connectivity index (χ3v) is 0. The van der Waals surface area contributed by atoms with E-state index in [9.17, 15) is 0 Å². The SMILES string of the molecule is C#N.C#N.C#N.C#N.C#N.C#N.O=P(O)(O)O.[Fe].[H-].[K+]. The Morgan fingerprint density at radius 2 is 0.632 bits per heavy atom. The summed E-state index contributed by atoms with van der Waals surface area (Å²) in [6.45, 7) is 21.0. The van der Waals surface area contributed by atoms with Crippen molar-refractivity contribution in [1.82, 2.24) is 0 Å². The molecular formula is C6H10FeKN6O4P. The maximum absolute atomic E-state index is 8.88. The Kier molecular flexibility index (Phi) is 558. The minimum Gasteiger partial charge on any atom is -1.00 e. The molecule has 0 amide bonds. The summed E-state index contributed by atoms with van der Waals surface area (Å²) in [4.78, 5) is 21.6. The van der Waals surface area contributed by atoms with E-state index in [1.807, 2.05) is 0 Å². The molecule has 0 spiro atoms. The molecule has 0 saturated heterocycles. The van der Waals surface area contributed by atoms with Gasteiger partial charge in [-0.05, 0) is 0 Å². The third-order valence-electron chi connectivity index (χ3n) is 0. The number of phosphoric acid groups is 1. The summed E-state index contributed by atoms with van der Waals surface area (Å²) < 4.78 is 8.88. The fraction of sp³-hybridized carbons (Fsp3) is 0. The van der Waals surface area contributed by atoms with Gasteiger partial charge in [-0.1, -0.05) is 0 Å². The van der Waals surface area contributed by atoms with E-state index in [0.29, 0.717) is 0 Å². The summed E-state index contributed by atoms with van der Waals surface area (Å²) in [6, 6.07) is 0. The molecule has 0 aliphatic carbocycles. The largest absolute Gasteiger partial charge is 1.00 e. The molecule has 10 nitrogen and oxygen atoms in total. The average Bonchev–Trinajstić information content (AvgIpc) is 2.41. The monoisotopic (exact) mass is 356 g/mol. The van der Waals surface area contributed by atoms with Gasteiger partial charge in [-0.3, -0.25) is 0 Å². The minimum atomic E-state index is -4.64. The number of nitrogens with zero attached hydrogens (tertiary/aromatic N) is 6. The van der Waals surface area contributed by atoms with Gasteiger partial charge in [-0.25, -0.2) is 36.1 Å². The van der Waals surface area contributed by atoms with E-state index in [1.165, 1.54) is 0 Å². The van der Waals surface area contributed by atoms with Gasteiger partial charge in [-0.2, -0.15) is 0 Å². The van der Waals surface area contributed by atoms with E-state index in [-0.39, 0.29) is 69.9 Å². The van der Waals surface area contributed by atoms with Crippen LogP contribution in [0.2, 0.25) is 0 Å². The molecule has 19 heavy (non-hydrogen) atoms. The Hall–Kier alpha value is -0.794. The summed E-state index contributed by atoms with van der Waals surface area (Å²) in [6.07, 6.45) is 0. The zero-order valence-corrected chi connectivity index (χ0v) is 14.8. The minimum absolute atomic E-state index is 0. The van der Waals surface area contributed by atoms with Gasteiger partial charge in [0.1, 0.15) is 0 Å². The molecular weight excluding hydrogens is 346 g/mol. The van der Waals surface area contributed by atoms with Gasteiger partial charge in [0, 0.05) is 56.5 Å². The predicted octanol–water partition coefficient (Wildman–Crippen LogP) is -2.98. The van der Waals surface area contributed by atoms with E-state index in [2.05, 4.69) is 39.4 Å². The molecule has 0 aliphatic heterocycles. The predicted molar refractivity (Wildman–Crippen MR) is 55.4 cm³/mol. The first-order chi connectivity index (χ1) is 8.00. The maximum atomic E-state index is 8.88. The fourth-order valence-corrected chi connectivity index (χ4v) is 0. The molecule has 102 valence electrons. The third kappa shape index (κ3) is 6310. The van der Waals surface area contributed by atoms with Crippen LogP contribution in [-0.4, -0.2) is 14.7 Å². The topological polar surface area (TPSA) is 220 Å². The van der Waals surface area contributed by atoms with Crippen molar-refractivity contribution in [3.8, 4) is 39.4 Å². The summed E-state index contributed by atoms with van der Waals surface area (Å²) in [7, 11) is -4.64. The van der Waals surface area contributed by atoms with Crippen LogP contribution in [0.5, 0.6) is 0 Å². The average molecular weight is 356 g/mol. The van der Waals surface area contributed by atoms with Crippen molar-refractivity contribution in [3.05, 3.63) is 0 Å². The molecule has 0 rings (SSSR count). The molecule has 0 aliphatic rings. The molecule has 0 bridgehead atoms. The Morgan fingerprint density at radius 3 is 0.632 bits per heavy atom. The number of hydrogen-bond acceptors (Lipinski definition) is 7. The first kappa shape index (κ1) is 63.6. The zero-order chi connectivity index (χ0) is 16.5. The van der Waals surface area contributed by atoms with Crippen LogP contribution in [0.15, 0.2) is 0 Å². The van der Waals surface area contributed by atoms with Gasteiger partial charge < -0.3 is 16.1 Å². The van der Waals surface area contributed by atoms with E-state index in [1.54, 1.807) is 0 Å². The van der Waals surface area contributed by atoms with Crippen molar-refractivity contribution in [2.45, 2.75) is 0 Å². The normalized spacial score (nSPS) is 3.74. The van der Waals surface area contributed by atoms with Crippen LogP contribution in [0, 0.1) is 71.0 Å². The molecule has 0 atom stereocenters. The molecule has 0 heterocycles. The Balaban J connectivity index is -0.00000000750. The summed E-state index contributed by atoms with van der Waals surface area (Å²) >= 11 is 0. The van der Waals surface area contributed by atoms with Crippen LogP contribution < -0.4 is 51.4 Å². The van der Waals surface area contributed by atoms with Crippen LogP contribution in [0.1, 0.15) is 1.43 Å². The van der Waals surface area contributed by atoms with Crippen molar-refractivity contribution >= 4 is 7.82 Å². The van der Waals surface area contributed by atoms with Crippen LogP contribution in [0.25, 0.3) is 0 Å². The van der Waals surface area contributed by atoms with Crippen LogP contribution in [0.3, 0.4) is 0 Å². The van der Waals surface area contributed by atoms with Crippen molar-refractivity contribution in [3.63, 3.8) is 0 Å². The molecule has 0 aromatic carbocycles. The van der Waals surface area contributed by atoms with E-state index in [4.69, 9.17) is 50.8 Å². The van der Waals surface area contributed by atoms with Crippen molar-refractivity contribution in [2.24, 2.45) is 0 Å². The molecule has 0 aromatic rings. The quantitative estimate of drug-likeness (QED) is 0.295. The Bertz CT molecular complexity index is 221. The molecule has 13 heteroatoms. The van der Waals surface area contributed by atoms with E-state index < -0.39 is 7.82 Å². The standard InChI is InChI=1S/6CHN.Fe.K.H3O4P.H/c6*1-2;;;1-5(2,3)4;/h6*1H;;;(H3,1,2,3,4);/q;;;;;;;+1;;-1. The molecule has 0 radical (unpaired) electrons. The van der Waals surface area contributed by atoms with Crippen molar-refractivity contribution in [1.29, 1.82) is 31.6 Å². The molecule has 0 aromatic heterocycles. The summed E-state index contributed by atoms with van der Waals surface area (Å²) in [5, 5.41) is 39.0. The second kappa shape index (κ2) is 167. The molecule has 0 fully saturated rings. The van der Waals surface area contributed by atoms with Gasteiger partial charge in [0.15, 0.2) is 0 Å². The molecule has 0 unspecified atom stereocenters. The Morgan fingerprint density at radius 1 is 0.632 bits per heavy atom. The van der Waals surface area contributed by atoms with Crippen LogP contribution in [-0.2, 0) is 21.6 Å². The zero-order valence-electron chi connectivity index (χ0n) is 10.7. The second-order valence-electron chi connectivity index (χ2n) is 0.513. The first-order valence-electron chi connectivity index (χ1n) is 2.33.